The van der Waals surface area contributed by atoms with Crippen LogP contribution < -0.4 is 40.2 Å². The summed E-state index contributed by atoms with van der Waals surface area (Å²) in [5.74, 6) is -10.9. The third kappa shape index (κ3) is 27.0. The highest BCUT2D eigenvalue weighted by Crippen LogP contribution is 2.39. The monoisotopic (exact) mass is 1550 g/mol. The van der Waals surface area contributed by atoms with E-state index in [9.17, 15) is 131 Å². The summed E-state index contributed by atoms with van der Waals surface area (Å²) in [5, 5.41) is 134. The Hall–Kier alpha value is -2.61. The number of carbonyl (C=O) groups excluding carboxylic acids is 2. The quantitative estimate of drug-likeness (QED) is 0.0125. The number of ether oxygens (including phenoxy) is 9. The molecule has 95 heavy (non-hydrogen) atoms. The normalized spacial score (nSPS) is 36.4. The molecule has 51 nitrogen and oxygen atoms in total. The number of aliphatic carboxylic acids is 2. The molecule has 5 heterocycles. The summed E-state index contributed by atoms with van der Waals surface area (Å²) in [6.45, 7) is -8.41. The van der Waals surface area contributed by atoms with Gasteiger partial charge < -0.3 is 132 Å². The summed E-state index contributed by atoms with van der Waals surface area (Å²) in [7, 11) is -28.5. The highest BCUT2D eigenvalue weighted by atomic mass is 32.3. The van der Waals surface area contributed by atoms with Crippen LogP contribution in [0.1, 0.15) is 6.42 Å². The number of nitrogens with one attached hydrogen (secondary N) is 3. The van der Waals surface area contributed by atoms with Gasteiger partial charge in [0, 0.05) is 24.9 Å². The Morgan fingerprint density at radius 1 is 0.421 bits per heavy atom. The second kappa shape index (κ2) is 40.1. The molecule has 0 spiro atoms. The number of methoxy groups -OCH3 is 1. The molecule has 0 aromatic carbocycles. The molecule has 5 saturated heterocycles. The average Bonchev–Trinajstić information content (AvgIpc) is 0.779. The Morgan fingerprint density at radius 2 is 0.842 bits per heavy atom. The van der Waals surface area contributed by atoms with Gasteiger partial charge in [-0.1, -0.05) is 0 Å². The van der Waals surface area contributed by atoms with Crippen LogP contribution in [-0.2, 0) is 180 Å². The predicted molar refractivity (Wildman–Crippen MR) is 263 cm³/mol. The van der Waals surface area contributed by atoms with Gasteiger partial charge in [0.15, 0.2) is 81.1 Å². The number of hydrogen-bond acceptors (Lipinski definition) is 51. The van der Waals surface area contributed by atoms with Gasteiger partial charge in [0.2, 0.25) is 20.8 Å². The zero-order chi connectivity index (χ0) is 72.9. The Morgan fingerprint density at radius 3 is 1.31 bits per heavy atom. The molecule has 0 bridgehead atoms. The van der Waals surface area contributed by atoms with Crippen molar-refractivity contribution in [2.45, 2.75) is 141 Å². The molecule has 0 aliphatic carbocycles. The fourth-order valence-corrected chi connectivity index (χ4v) is 13.1. The molecule has 0 aromatic heterocycles. The molecule has 5 fully saturated rings. The van der Waals surface area contributed by atoms with Crippen molar-refractivity contribution in [3.63, 3.8) is 0 Å². The van der Waals surface area contributed by atoms with Crippen LogP contribution in [0.2, 0.25) is 0 Å². The van der Waals surface area contributed by atoms with Gasteiger partial charge >= 0.3 is 0 Å². The van der Waals surface area contributed by atoms with Crippen molar-refractivity contribution in [3.05, 3.63) is 0 Å². The first-order chi connectivity index (χ1) is 44.2. The second-order valence-corrected chi connectivity index (χ2v) is 24.9. The van der Waals surface area contributed by atoms with E-state index in [1.807, 2.05) is 0 Å². The molecular formula is C36H53N3O48S8-10. The second-order valence-electron chi connectivity index (χ2n) is 19.5. The van der Waals surface area contributed by atoms with E-state index in [1.54, 1.807) is 0 Å². The minimum atomic E-state index is -6.29. The van der Waals surface area contributed by atoms with Gasteiger partial charge in [0.25, 0.3) is 0 Å². The lowest BCUT2D eigenvalue weighted by molar-refractivity contribution is -0.801. The molecule has 0 aromatic rings. The van der Waals surface area contributed by atoms with E-state index in [-0.39, 0.29) is 0 Å². The standard InChI is InChI=1S/C36H63N3O45S5.3OS/c1-68-35-21(39-87(59,60)61)22(40)10(14(77-35)7-71-82-50)2-13-30(80-88(62,63)64)24(42)12(28(76-13)33(46)47)4-70-6-16-20(38-86(56,57)58)32(81-89(65,66)67)31(18(75-16)9-73-84-52)79-36-27(45)23(41)11(29(78-36)34(48)49)3-69-5-15-19(37-85(53,54)55)26(44)25(43)17(74-15)8-72-83-51;3*1-2/h10-32,35-45,50-52H,2-9H2,1H3,(H,46,47)(H,48,49)(H,53,54,55)(H,56,57,58)(H,59,60,61)(H,62,63,64)(H,65,66,67);;;/p-10/t10-,11+,12+,13+,14?,15-,16-,17?,18?,19?,20?,21?,22-,23-,24-,25-,26+,27?,28?,29?,30?,31-,32+,35+,36+;;;/m1.../s1. The van der Waals surface area contributed by atoms with Crippen LogP contribution in [0.3, 0.4) is 0 Å². The van der Waals surface area contributed by atoms with Crippen LogP contribution in [0.25, 0.3) is 0 Å². The Balaban J connectivity index is 0.00000497. The van der Waals surface area contributed by atoms with Crippen LogP contribution >= 0.6 is 0 Å². The summed E-state index contributed by atoms with van der Waals surface area (Å²) in [6.07, 6.45) is -46.1. The summed E-state index contributed by atoms with van der Waals surface area (Å²) in [4.78, 5) is 37.9. The van der Waals surface area contributed by atoms with Crippen LogP contribution in [0.4, 0.5) is 0 Å². The van der Waals surface area contributed by atoms with Crippen molar-refractivity contribution >= 4 is 101 Å². The maximum atomic E-state index is 12.7. The number of aliphatic hydroxyl groups is 6. The van der Waals surface area contributed by atoms with Crippen molar-refractivity contribution in [2.24, 2.45) is 17.8 Å². The van der Waals surface area contributed by atoms with Crippen molar-refractivity contribution in [2.75, 3.05) is 53.4 Å². The molecule has 558 valence electrons. The van der Waals surface area contributed by atoms with Gasteiger partial charge in [-0.3, -0.25) is 23.5 Å². The lowest BCUT2D eigenvalue weighted by Crippen LogP contribution is -2.69. The first-order valence-electron chi connectivity index (χ1n) is 25.1. The molecule has 0 saturated carbocycles. The molecular weight excluding hydrogens is 1500 g/mol. The number of carboxylic acid groups (broad SMARTS) is 2. The highest BCUT2D eigenvalue weighted by Gasteiger charge is 2.56. The zero-order valence-electron chi connectivity index (χ0n) is 46.7. The van der Waals surface area contributed by atoms with E-state index in [4.69, 9.17) is 55.3 Å². The average molecular weight is 1550 g/mol. The van der Waals surface area contributed by atoms with Gasteiger partial charge in [0.1, 0.15) is 93.1 Å². The van der Waals surface area contributed by atoms with Crippen LogP contribution in [0, 0.1) is 17.8 Å². The van der Waals surface area contributed by atoms with Crippen LogP contribution in [0.5, 0.6) is 0 Å². The molecule has 0 amide bonds. The molecule has 25 atom stereocenters. The number of aliphatic hydroxyl groups excluding tert-OH is 6. The van der Waals surface area contributed by atoms with Gasteiger partial charge in [-0.25, -0.2) is 70.9 Å². The number of rotatable bonds is 34. The van der Waals surface area contributed by atoms with Crippen LogP contribution in [-0.4, -0.2) is 308 Å². The molecule has 5 aliphatic rings. The summed E-state index contributed by atoms with van der Waals surface area (Å²) in [6, 6.07) is -6.90. The molecule has 5 rings (SSSR count). The van der Waals surface area contributed by atoms with Crippen molar-refractivity contribution in [1.29, 1.82) is 0 Å². The SMILES string of the molecule is CO[C@H]1OC(COO[O-])[C@@H](C[C@@H]2OC(C(=O)[O-])[C@@H](COC[C@H]3OC(COO[O-])[C@@H](O[C@@H]4OC(C(=O)[O-])[C@@H](COC[C@H]5OC(COO[O-])[C@@H](O)[C@@H](O)C5NS(=O)(=O)[O-])[C@@H](O)C4O)[C@@H](OS(=O)(=O)[O-])C3NS(=O)(=O)[O-])[C@@H](O)C2OS(=O)(=O)[O-])[C@@H](O)C1NS(=O)(=O)[O-].O=S.O=S.O=S. The largest absolute Gasteiger partial charge is 0.735 e. The third-order valence-corrected chi connectivity index (χ3v) is 16.5. The van der Waals surface area contributed by atoms with E-state index < -0.39 is 269 Å². The number of hydrogen-bond donors (Lipinski definition) is 9. The predicted octanol–water partition coefficient (Wildman–Crippen LogP) is -19.7. The molecule has 9 N–H and O–H groups in total. The van der Waals surface area contributed by atoms with Gasteiger partial charge in [-0.05, 0) is 6.42 Å². The summed E-state index contributed by atoms with van der Waals surface area (Å²) in [5.41, 5.74) is 0. The van der Waals surface area contributed by atoms with Gasteiger partial charge in [0.05, 0.1) is 87.0 Å². The van der Waals surface area contributed by atoms with E-state index in [0.717, 1.165) is 7.11 Å². The Kier molecular flexibility index (Phi) is 37.4. The fraction of sp³-hybridized carbons (Fsp3) is 0.944. The van der Waals surface area contributed by atoms with E-state index >= 15 is 0 Å². The van der Waals surface area contributed by atoms with Gasteiger partial charge in [-0.2, -0.15) is 12.6 Å². The minimum absolute atomic E-state index is 0.874. The van der Waals surface area contributed by atoms with Crippen molar-refractivity contribution < 1.29 is 224 Å². The van der Waals surface area contributed by atoms with Crippen LogP contribution in [0.15, 0.2) is 0 Å². The van der Waals surface area contributed by atoms with E-state index in [2.05, 4.69) is 75.7 Å². The topological polar surface area (TPSA) is 801 Å². The maximum absolute atomic E-state index is 12.7. The fourth-order valence-electron chi connectivity index (χ4n) is 10.3. The van der Waals surface area contributed by atoms with E-state index in [1.165, 1.54) is 14.2 Å². The zero-order valence-corrected chi connectivity index (χ0v) is 53.2. The molecule has 0 radical (unpaired) electrons. The van der Waals surface area contributed by atoms with Gasteiger partial charge in [-0.15, -0.1) is 0 Å². The highest BCUT2D eigenvalue weighted by molar-refractivity contribution is 7.84. The number of carboxylic acids is 2. The summed E-state index contributed by atoms with van der Waals surface area (Å²) < 4.78 is 265. The smallest absolute Gasteiger partial charge is 0.218 e. The Labute approximate surface area is 549 Å². The third-order valence-electron chi connectivity index (χ3n) is 13.9. The molecule has 59 heteroatoms. The lowest BCUT2D eigenvalue weighted by Gasteiger charge is -2.50. The summed E-state index contributed by atoms with van der Waals surface area (Å²) >= 11 is 8.50. The lowest BCUT2D eigenvalue weighted by atomic mass is 9.79. The van der Waals surface area contributed by atoms with E-state index in [0.29, 0.717) is 0 Å². The minimum Gasteiger partial charge on any atom is -0.735 e. The number of carbonyl (C=O) groups is 2. The first kappa shape index (κ1) is 88.5. The van der Waals surface area contributed by atoms with Crippen molar-refractivity contribution in [3.8, 4) is 0 Å². The maximum Gasteiger partial charge on any atom is 0.218 e. The first-order valence-corrected chi connectivity index (χ1v) is 33.0. The van der Waals surface area contributed by atoms with Crippen molar-refractivity contribution in [1.82, 2.24) is 14.2 Å². The Bertz CT molecular complexity index is 2930. The molecule has 10 unspecified atom stereocenters. The molecule has 5 aliphatic heterocycles.